The molecule has 4 aromatic carbocycles. The van der Waals surface area contributed by atoms with Crippen molar-refractivity contribution < 1.29 is 4.79 Å². The highest BCUT2D eigenvalue weighted by Crippen LogP contribution is 2.26. The Morgan fingerprint density at radius 3 is 2.00 bits per heavy atom. The summed E-state index contributed by atoms with van der Waals surface area (Å²) in [4.78, 5) is 11.4. The molecule has 1 nitrogen and oxygen atoms in total. The Balaban J connectivity index is 1.55. The minimum Gasteiger partial charge on any atom is -0.295 e. The normalized spacial score (nSPS) is 10.9. The number of aryl methyl sites for hydroxylation is 2. The molecule has 0 saturated heterocycles. The summed E-state index contributed by atoms with van der Waals surface area (Å²) in [6.07, 6.45) is 2.11. The van der Waals surface area contributed by atoms with Gasteiger partial charge in [0.05, 0.1) is 0 Å². The third-order valence-electron chi connectivity index (χ3n) is 5.07. The average Bonchev–Trinajstić information content (AvgIpc) is 2.72. The van der Waals surface area contributed by atoms with E-state index < -0.39 is 0 Å². The van der Waals surface area contributed by atoms with E-state index in [1.165, 1.54) is 27.5 Å². The number of benzene rings is 4. The highest BCUT2D eigenvalue weighted by Gasteiger charge is 2.04. The Morgan fingerprint density at radius 1 is 0.630 bits per heavy atom. The van der Waals surface area contributed by atoms with Crippen molar-refractivity contribution in [2.45, 2.75) is 19.8 Å². The van der Waals surface area contributed by atoms with Crippen LogP contribution in [0.1, 0.15) is 28.4 Å². The first-order valence-electron chi connectivity index (χ1n) is 9.37. The molecule has 0 unspecified atom stereocenters. The van der Waals surface area contributed by atoms with Gasteiger partial charge in [-0.25, -0.2) is 0 Å². The summed E-state index contributed by atoms with van der Waals surface area (Å²) in [5.41, 5.74) is 5.80. The largest absolute Gasteiger partial charge is 0.295 e. The molecule has 4 rings (SSSR count). The molecule has 0 heterocycles. The van der Waals surface area contributed by atoms with Crippen molar-refractivity contribution in [2.24, 2.45) is 0 Å². The Kier molecular flexibility index (Phi) is 4.84. The molecule has 0 spiro atoms. The first kappa shape index (κ1) is 17.2. The van der Waals surface area contributed by atoms with Gasteiger partial charge in [-0.15, -0.1) is 0 Å². The molecule has 0 aliphatic heterocycles. The minimum atomic E-state index is 0.100. The lowest BCUT2D eigenvalue weighted by molar-refractivity contribution is 0.101. The Labute approximate surface area is 160 Å². The van der Waals surface area contributed by atoms with Crippen LogP contribution in [0.15, 0.2) is 91.0 Å². The van der Waals surface area contributed by atoms with E-state index in [-0.39, 0.29) is 5.78 Å². The molecule has 0 saturated carbocycles. The van der Waals surface area contributed by atoms with Gasteiger partial charge in [0.2, 0.25) is 0 Å². The van der Waals surface area contributed by atoms with Gasteiger partial charge in [-0.2, -0.15) is 0 Å². The third kappa shape index (κ3) is 3.98. The molecule has 132 valence electrons. The molecule has 0 bridgehead atoms. The summed E-state index contributed by atoms with van der Waals surface area (Å²) < 4.78 is 0. The molecule has 0 aliphatic rings. The molecule has 0 amide bonds. The van der Waals surface area contributed by atoms with Gasteiger partial charge >= 0.3 is 0 Å². The van der Waals surface area contributed by atoms with Crippen molar-refractivity contribution in [2.75, 3.05) is 0 Å². The van der Waals surface area contributed by atoms with Crippen molar-refractivity contribution in [1.29, 1.82) is 0 Å². The topological polar surface area (TPSA) is 17.1 Å². The first-order valence-corrected chi connectivity index (χ1v) is 9.37. The summed E-state index contributed by atoms with van der Waals surface area (Å²) in [5, 5.41) is 2.51. The van der Waals surface area contributed by atoms with Gasteiger partial charge < -0.3 is 0 Å². The molecule has 0 radical (unpaired) electrons. The van der Waals surface area contributed by atoms with E-state index >= 15 is 0 Å². The fourth-order valence-corrected chi connectivity index (χ4v) is 3.46. The summed E-state index contributed by atoms with van der Waals surface area (Å²) in [6.45, 7) is 1.60. The smallest absolute Gasteiger partial charge is 0.159 e. The maximum absolute atomic E-state index is 11.4. The van der Waals surface area contributed by atoms with Crippen LogP contribution in [0.5, 0.6) is 0 Å². The van der Waals surface area contributed by atoms with Crippen molar-refractivity contribution in [3.63, 3.8) is 0 Å². The number of carbonyl (C=O) groups excluding carboxylic acids is 1. The van der Waals surface area contributed by atoms with Crippen LogP contribution in [0, 0.1) is 0 Å². The number of ketones is 1. The van der Waals surface area contributed by atoms with Crippen LogP contribution in [0.4, 0.5) is 0 Å². The van der Waals surface area contributed by atoms with Gasteiger partial charge in [0.1, 0.15) is 0 Å². The zero-order chi connectivity index (χ0) is 18.6. The summed E-state index contributed by atoms with van der Waals surface area (Å²) in [6, 6.07) is 31.8. The van der Waals surface area contributed by atoms with E-state index in [9.17, 15) is 4.79 Å². The Hall–Kier alpha value is -3.19. The van der Waals surface area contributed by atoms with E-state index in [4.69, 9.17) is 0 Å². The number of hydrogen-bond acceptors (Lipinski definition) is 1. The predicted molar refractivity (Wildman–Crippen MR) is 113 cm³/mol. The van der Waals surface area contributed by atoms with Crippen molar-refractivity contribution in [3.8, 4) is 11.1 Å². The fraction of sp³-hybridized carbons (Fsp3) is 0.115. The standard InChI is InChI=1S/C26H22O/c1-19(27)22-11-13-23(14-12-22)25-16-15-24-17-21(9-10-26(24)18-25)8-7-20-5-3-2-4-6-20/h2-6,9-18H,7-8H2,1H3. The van der Waals surface area contributed by atoms with Gasteiger partial charge in [-0.3, -0.25) is 4.79 Å². The monoisotopic (exact) mass is 350 g/mol. The lowest BCUT2D eigenvalue weighted by Crippen LogP contribution is -1.92. The molecule has 0 N–H and O–H groups in total. The second kappa shape index (κ2) is 7.59. The summed E-state index contributed by atoms with van der Waals surface area (Å²) >= 11 is 0. The van der Waals surface area contributed by atoms with E-state index in [0.29, 0.717) is 0 Å². The quantitative estimate of drug-likeness (QED) is 0.376. The van der Waals surface area contributed by atoms with Crippen LogP contribution in [-0.2, 0) is 12.8 Å². The number of carbonyl (C=O) groups is 1. The van der Waals surface area contributed by atoms with Crippen LogP contribution >= 0.6 is 0 Å². The van der Waals surface area contributed by atoms with Crippen LogP contribution in [0.2, 0.25) is 0 Å². The van der Waals surface area contributed by atoms with E-state index in [0.717, 1.165) is 24.0 Å². The lowest BCUT2D eigenvalue weighted by atomic mass is 9.97. The van der Waals surface area contributed by atoms with Gasteiger partial charge in [-0.1, -0.05) is 84.9 Å². The number of hydrogen-bond donors (Lipinski definition) is 0. The van der Waals surface area contributed by atoms with Gasteiger partial charge in [0.25, 0.3) is 0 Å². The SMILES string of the molecule is CC(=O)c1ccc(-c2ccc3cc(CCc4ccccc4)ccc3c2)cc1. The molecule has 1 heteroatoms. The Morgan fingerprint density at radius 2 is 1.26 bits per heavy atom. The Bertz CT molecular complexity index is 1080. The second-order valence-corrected chi connectivity index (χ2v) is 7.02. The zero-order valence-corrected chi connectivity index (χ0v) is 15.5. The molecular formula is C26H22O. The van der Waals surface area contributed by atoms with Crippen LogP contribution in [0.3, 0.4) is 0 Å². The minimum absolute atomic E-state index is 0.100. The predicted octanol–water partition coefficient (Wildman–Crippen LogP) is 6.49. The van der Waals surface area contributed by atoms with Crippen LogP contribution < -0.4 is 0 Å². The number of rotatable bonds is 5. The molecule has 0 fully saturated rings. The number of Topliss-reactive ketones (excluding diaryl/α,β-unsaturated/α-hetero) is 1. The summed E-state index contributed by atoms with van der Waals surface area (Å²) in [7, 11) is 0. The molecule has 0 aliphatic carbocycles. The number of fused-ring (bicyclic) bond motifs is 1. The highest BCUT2D eigenvalue weighted by molar-refractivity contribution is 5.95. The maximum Gasteiger partial charge on any atom is 0.159 e. The molecule has 4 aromatic rings. The van der Waals surface area contributed by atoms with Crippen molar-refractivity contribution in [1.82, 2.24) is 0 Å². The molecule has 0 atom stereocenters. The molecular weight excluding hydrogens is 328 g/mol. The fourth-order valence-electron chi connectivity index (χ4n) is 3.46. The van der Waals surface area contributed by atoms with Crippen LogP contribution in [0.25, 0.3) is 21.9 Å². The average molecular weight is 350 g/mol. The summed E-state index contributed by atoms with van der Waals surface area (Å²) in [5.74, 6) is 0.100. The third-order valence-corrected chi connectivity index (χ3v) is 5.07. The zero-order valence-electron chi connectivity index (χ0n) is 15.5. The maximum atomic E-state index is 11.4. The van der Waals surface area contributed by atoms with Gasteiger partial charge in [-0.05, 0) is 58.9 Å². The van der Waals surface area contributed by atoms with Crippen molar-refractivity contribution in [3.05, 3.63) is 108 Å². The first-order chi connectivity index (χ1) is 13.2. The van der Waals surface area contributed by atoms with Crippen molar-refractivity contribution >= 4 is 16.6 Å². The van der Waals surface area contributed by atoms with Crippen LogP contribution in [-0.4, -0.2) is 5.78 Å². The lowest BCUT2D eigenvalue weighted by Gasteiger charge is -2.08. The molecule has 27 heavy (non-hydrogen) atoms. The van der Waals surface area contributed by atoms with E-state index in [1.807, 2.05) is 24.3 Å². The second-order valence-electron chi connectivity index (χ2n) is 7.02. The van der Waals surface area contributed by atoms with Gasteiger partial charge in [0, 0.05) is 5.56 Å². The van der Waals surface area contributed by atoms with E-state index in [2.05, 4.69) is 66.7 Å². The van der Waals surface area contributed by atoms with Gasteiger partial charge in [0.15, 0.2) is 5.78 Å². The van der Waals surface area contributed by atoms with E-state index in [1.54, 1.807) is 6.92 Å². The molecule has 0 aromatic heterocycles. The highest BCUT2D eigenvalue weighted by atomic mass is 16.1.